The number of ether oxygens (including phenoxy) is 1. The molecule has 0 fully saturated rings. The number of amides is 1. The van der Waals surface area contributed by atoms with E-state index in [1.807, 2.05) is 50.4 Å². The minimum absolute atomic E-state index is 0.00446. The van der Waals surface area contributed by atoms with Gasteiger partial charge in [0.1, 0.15) is 12.4 Å². The predicted molar refractivity (Wildman–Crippen MR) is 93.7 cm³/mol. The Bertz CT molecular complexity index is 655. The van der Waals surface area contributed by atoms with Crippen LogP contribution in [0.15, 0.2) is 48.5 Å². The van der Waals surface area contributed by atoms with E-state index in [1.54, 1.807) is 0 Å². The van der Waals surface area contributed by atoms with Gasteiger partial charge in [-0.2, -0.15) is 0 Å². The zero-order valence-corrected chi connectivity index (χ0v) is 13.9. The smallest absolute Gasteiger partial charge is 0.228 e. The number of rotatable bonds is 7. The zero-order chi connectivity index (χ0) is 16.7. The summed E-state index contributed by atoms with van der Waals surface area (Å²) in [6, 6.07) is 15.7. The summed E-state index contributed by atoms with van der Waals surface area (Å²) in [6.07, 6.45) is 0. The van der Waals surface area contributed by atoms with Crippen LogP contribution in [0.1, 0.15) is 18.1 Å². The van der Waals surface area contributed by atoms with E-state index in [4.69, 9.17) is 4.74 Å². The van der Waals surface area contributed by atoms with Crippen molar-refractivity contribution < 1.29 is 9.53 Å². The molecule has 4 heteroatoms. The van der Waals surface area contributed by atoms with Gasteiger partial charge in [0.2, 0.25) is 5.91 Å². The lowest BCUT2D eigenvalue weighted by atomic mass is 10.1. The van der Waals surface area contributed by atoms with Gasteiger partial charge < -0.3 is 15.4 Å². The molecule has 0 saturated carbocycles. The fourth-order valence-corrected chi connectivity index (χ4v) is 2.30. The molecule has 1 unspecified atom stereocenters. The quantitative estimate of drug-likeness (QED) is 0.824. The van der Waals surface area contributed by atoms with Crippen molar-refractivity contribution in [1.82, 2.24) is 5.32 Å². The third-order valence-electron chi connectivity index (χ3n) is 3.55. The molecule has 1 amide bonds. The highest BCUT2D eigenvalue weighted by atomic mass is 16.5. The van der Waals surface area contributed by atoms with Crippen LogP contribution in [0.3, 0.4) is 0 Å². The first-order valence-electron chi connectivity index (χ1n) is 7.82. The fraction of sp³-hybridized carbons (Fsp3) is 0.316. The number of carbonyl (C=O) groups is 1. The summed E-state index contributed by atoms with van der Waals surface area (Å²) in [4.78, 5) is 12.0. The fourth-order valence-electron chi connectivity index (χ4n) is 2.30. The number of hydrogen-bond donors (Lipinski definition) is 2. The summed E-state index contributed by atoms with van der Waals surface area (Å²) >= 11 is 0. The minimum Gasteiger partial charge on any atom is -0.489 e. The molecule has 4 nitrogen and oxygen atoms in total. The maximum Gasteiger partial charge on any atom is 0.228 e. The van der Waals surface area contributed by atoms with E-state index in [0.29, 0.717) is 13.2 Å². The van der Waals surface area contributed by atoms with Gasteiger partial charge in [-0.1, -0.05) is 42.8 Å². The number of nitrogens with one attached hydrogen (secondary N) is 2. The Labute approximate surface area is 137 Å². The van der Waals surface area contributed by atoms with Crippen molar-refractivity contribution in [3.05, 3.63) is 59.7 Å². The molecule has 2 aromatic rings. The topological polar surface area (TPSA) is 50.4 Å². The van der Waals surface area contributed by atoms with Crippen molar-refractivity contribution in [2.24, 2.45) is 5.92 Å². The van der Waals surface area contributed by atoms with E-state index in [1.165, 1.54) is 5.56 Å². The van der Waals surface area contributed by atoms with Crippen molar-refractivity contribution in [1.29, 1.82) is 0 Å². The first kappa shape index (κ1) is 17.0. The number of aryl methyl sites for hydroxylation is 1. The highest BCUT2D eigenvalue weighted by Gasteiger charge is 2.12. The van der Waals surface area contributed by atoms with E-state index in [-0.39, 0.29) is 11.8 Å². The molecule has 0 spiro atoms. The second kappa shape index (κ2) is 8.34. The van der Waals surface area contributed by atoms with Gasteiger partial charge in [0.15, 0.2) is 0 Å². The van der Waals surface area contributed by atoms with Gasteiger partial charge in [0.05, 0.1) is 0 Å². The van der Waals surface area contributed by atoms with Crippen LogP contribution in [0.25, 0.3) is 0 Å². The first-order chi connectivity index (χ1) is 11.1. The number of carbonyl (C=O) groups excluding carboxylic acids is 1. The highest BCUT2D eigenvalue weighted by Crippen LogP contribution is 2.19. The molecule has 2 rings (SSSR count). The molecule has 0 bridgehead atoms. The lowest BCUT2D eigenvalue weighted by Crippen LogP contribution is -2.28. The number of benzene rings is 2. The molecule has 23 heavy (non-hydrogen) atoms. The van der Waals surface area contributed by atoms with Crippen LogP contribution >= 0.6 is 0 Å². The van der Waals surface area contributed by atoms with Gasteiger partial charge in [0.25, 0.3) is 0 Å². The Balaban J connectivity index is 1.95. The van der Waals surface area contributed by atoms with E-state index < -0.39 is 0 Å². The van der Waals surface area contributed by atoms with Crippen molar-refractivity contribution in [2.75, 3.05) is 18.9 Å². The van der Waals surface area contributed by atoms with E-state index in [0.717, 1.165) is 17.0 Å². The van der Waals surface area contributed by atoms with Crippen LogP contribution in [0.2, 0.25) is 0 Å². The Hall–Kier alpha value is -2.33. The molecular weight excluding hydrogens is 288 g/mol. The number of hydrogen-bond acceptors (Lipinski definition) is 3. The van der Waals surface area contributed by atoms with Gasteiger partial charge in [-0.05, 0) is 31.7 Å². The molecule has 0 radical (unpaired) electrons. The molecule has 1 atom stereocenters. The van der Waals surface area contributed by atoms with Crippen LogP contribution in [-0.4, -0.2) is 19.5 Å². The summed E-state index contributed by atoms with van der Waals surface area (Å²) in [6.45, 7) is 5.11. The Kier molecular flexibility index (Phi) is 6.18. The van der Waals surface area contributed by atoms with Crippen molar-refractivity contribution in [3.63, 3.8) is 0 Å². The van der Waals surface area contributed by atoms with E-state index >= 15 is 0 Å². The molecule has 2 N–H and O–H groups in total. The molecule has 0 aliphatic rings. The van der Waals surface area contributed by atoms with Crippen LogP contribution in [-0.2, 0) is 11.4 Å². The normalized spacial score (nSPS) is 11.8. The SMILES string of the molecule is CNCC(C)C(=O)Nc1cccc(OCc2cccc(C)c2)c1. The van der Waals surface area contributed by atoms with Crippen LogP contribution in [0, 0.1) is 12.8 Å². The Morgan fingerprint density at radius 2 is 1.96 bits per heavy atom. The summed E-state index contributed by atoms with van der Waals surface area (Å²) in [5.41, 5.74) is 3.09. The summed E-state index contributed by atoms with van der Waals surface area (Å²) < 4.78 is 5.81. The molecule has 0 saturated heterocycles. The summed E-state index contributed by atoms with van der Waals surface area (Å²) in [7, 11) is 1.84. The molecule has 0 aromatic heterocycles. The van der Waals surface area contributed by atoms with Crippen LogP contribution in [0.5, 0.6) is 5.75 Å². The predicted octanol–water partition coefficient (Wildman–Crippen LogP) is 3.37. The number of anilines is 1. The summed E-state index contributed by atoms with van der Waals surface area (Å²) in [5, 5.41) is 5.92. The zero-order valence-electron chi connectivity index (χ0n) is 13.9. The van der Waals surface area contributed by atoms with Gasteiger partial charge in [-0.3, -0.25) is 4.79 Å². The molecule has 2 aromatic carbocycles. The first-order valence-corrected chi connectivity index (χ1v) is 7.82. The highest BCUT2D eigenvalue weighted by molar-refractivity contribution is 5.92. The third kappa shape index (κ3) is 5.42. The van der Waals surface area contributed by atoms with Crippen molar-refractivity contribution in [2.45, 2.75) is 20.5 Å². The Morgan fingerprint density at radius 3 is 2.70 bits per heavy atom. The van der Waals surface area contributed by atoms with Crippen molar-refractivity contribution in [3.8, 4) is 5.75 Å². The monoisotopic (exact) mass is 312 g/mol. The largest absolute Gasteiger partial charge is 0.489 e. The second-order valence-electron chi connectivity index (χ2n) is 5.75. The molecule has 0 aliphatic heterocycles. The molecule has 0 aliphatic carbocycles. The van der Waals surface area contributed by atoms with E-state index in [9.17, 15) is 4.79 Å². The third-order valence-corrected chi connectivity index (χ3v) is 3.55. The molecule has 0 heterocycles. The Morgan fingerprint density at radius 1 is 1.17 bits per heavy atom. The van der Waals surface area contributed by atoms with E-state index in [2.05, 4.69) is 29.7 Å². The second-order valence-corrected chi connectivity index (χ2v) is 5.75. The van der Waals surface area contributed by atoms with Gasteiger partial charge >= 0.3 is 0 Å². The standard InChI is InChI=1S/C19H24N2O2/c1-14-6-4-7-16(10-14)13-23-18-9-5-8-17(11-18)21-19(22)15(2)12-20-3/h4-11,15,20H,12-13H2,1-3H3,(H,21,22). The van der Waals surface area contributed by atoms with Gasteiger partial charge in [-0.15, -0.1) is 0 Å². The molecule has 122 valence electrons. The lowest BCUT2D eigenvalue weighted by molar-refractivity contribution is -0.119. The van der Waals surface area contributed by atoms with Gasteiger partial charge in [0, 0.05) is 24.2 Å². The average Bonchev–Trinajstić information content (AvgIpc) is 2.53. The van der Waals surface area contributed by atoms with Crippen molar-refractivity contribution >= 4 is 11.6 Å². The van der Waals surface area contributed by atoms with Crippen LogP contribution < -0.4 is 15.4 Å². The maximum absolute atomic E-state index is 12.0. The maximum atomic E-state index is 12.0. The van der Waals surface area contributed by atoms with Gasteiger partial charge in [-0.25, -0.2) is 0 Å². The lowest BCUT2D eigenvalue weighted by Gasteiger charge is -2.13. The minimum atomic E-state index is -0.0862. The summed E-state index contributed by atoms with van der Waals surface area (Å²) in [5.74, 6) is 0.651. The molecular formula is C19H24N2O2. The average molecular weight is 312 g/mol. The van der Waals surface area contributed by atoms with Crippen LogP contribution in [0.4, 0.5) is 5.69 Å².